The Bertz CT molecular complexity index is 1180. The van der Waals surface area contributed by atoms with Crippen LogP contribution in [0.15, 0.2) is 18.2 Å². The summed E-state index contributed by atoms with van der Waals surface area (Å²) < 4.78 is 26.7. The number of nitrogens with zero attached hydrogens (tertiary/aromatic N) is 4. The maximum atomic E-state index is 14.2. The van der Waals surface area contributed by atoms with Gasteiger partial charge in [-0.25, -0.2) is 14.2 Å². The first-order chi connectivity index (χ1) is 18.3. The number of methoxy groups -OCH3 is 1. The Morgan fingerprint density at radius 1 is 1.21 bits per heavy atom. The number of likely N-dealkylation sites (tertiary alicyclic amines) is 1. The number of piperidine rings is 1. The van der Waals surface area contributed by atoms with Gasteiger partial charge in [0, 0.05) is 39.9 Å². The molecule has 2 heterocycles. The van der Waals surface area contributed by atoms with Gasteiger partial charge in [-0.05, 0) is 64.2 Å². The molecule has 1 aromatic carbocycles. The fraction of sp³-hybridized carbons (Fsp3) is 0.643. The van der Waals surface area contributed by atoms with Crippen LogP contribution in [-0.2, 0) is 20.8 Å². The van der Waals surface area contributed by atoms with Crippen molar-refractivity contribution in [3.8, 4) is 0 Å². The van der Waals surface area contributed by atoms with Crippen LogP contribution in [0, 0.1) is 17.7 Å². The van der Waals surface area contributed by atoms with Crippen molar-refractivity contribution in [2.45, 2.75) is 72.1 Å². The molecule has 1 aliphatic rings. The average molecular weight is 548 g/mol. The molecule has 0 spiro atoms. The molecule has 2 N–H and O–H groups in total. The number of carbonyl (C=O) groups is 3. The number of imidazole rings is 1. The topological polar surface area (TPSA) is 120 Å². The Hall–Kier alpha value is -3.21. The largest absolute Gasteiger partial charge is 0.444 e. The fourth-order valence-electron chi connectivity index (χ4n) is 4.90. The molecule has 10 nitrogen and oxygen atoms in total. The summed E-state index contributed by atoms with van der Waals surface area (Å²) in [5.41, 5.74) is 6.03. The molecule has 11 heteroatoms. The van der Waals surface area contributed by atoms with Crippen molar-refractivity contribution >= 4 is 28.9 Å². The first kappa shape index (κ1) is 30.3. The van der Waals surface area contributed by atoms with Gasteiger partial charge in [-0.1, -0.05) is 13.8 Å². The summed E-state index contributed by atoms with van der Waals surface area (Å²) in [5.74, 6) is -1.64. The molecule has 0 unspecified atom stereocenters. The fourth-order valence-corrected chi connectivity index (χ4v) is 4.90. The Kier molecular flexibility index (Phi) is 9.93. The predicted molar refractivity (Wildman–Crippen MR) is 146 cm³/mol. The highest BCUT2D eigenvalue weighted by Crippen LogP contribution is 2.27. The van der Waals surface area contributed by atoms with E-state index in [-0.39, 0.29) is 30.7 Å². The summed E-state index contributed by atoms with van der Waals surface area (Å²) in [6.07, 6.45) is 1.23. The molecule has 2 atom stereocenters. The molecule has 0 bridgehead atoms. The zero-order chi connectivity index (χ0) is 28.9. The third-order valence-electron chi connectivity index (χ3n) is 6.63. The number of unbranched alkanes of at least 4 members (excludes halogenated alkanes) is 1. The van der Waals surface area contributed by atoms with Gasteiger partial charge in [0.25, 0.3) is 5.91 Å². The van der Waals surface area contributed by atoms with Gasteiger partial charge in [0.15, 0.2) is 5.82 Å². The number of ether oxygens (including phenoxy) is 2. The van der Waals surface area contributed by atoms with E-state index in [1.165, 1.54) is 17.0 Å². The Balaban J connectivity index is 2.00. The van der Waals surface area contributed by atoms with Crippen LogP contribution in [0.5, 0.6) is 0 Å². The quantitative estimate of drug-likeness (QED) is 0.452. The number of hydrogen-bond acceptors (Lipinski definition) is 6. The highest BCUT2D eigenvalue weighted by molar-refractivity contribution is 5.95. The maximum absolute atomic E-state index is 14.2. The highest BCUT2D eigenvalue weighted by Gasteiger charge is 2.40. The van der Waals surface area contributed by atoms with Gasteiger partial charge in [0.1, 0.15) is 11.4 Å². The number of fused-ring (bicyclic) bond motifs is 1. The van der Waals surface area contributed by atoms with Gasteiger partial charge >= 0.3 is 6.09 Å². The second-order valence-corrected chi connectivity index (χ2v) is 11.6. The number of rotatable bonds is 10. The molecule has 0 saturated carbocycles. The lowest BCUT2D eigenvalue weighted by atomic mass is 9.92. The number of primary amides is 1. The molecule has 1 aromatic heterocycles. The van der Waals surface area contributed by atoms with E-state index in [2.05, 4.69) is 4.98 Å². The maximum Gasteiger partial charge on any atom is 0.410 e. The van der Waals surface area contributed by atoms with Crippen molar-refractivity contribution in [3.63, 3.8) is 0 Å². The minimum atomic E-state index is -0.720. The van der Waals surface area contributed by atoms with Gasteiger partial charge in [-0.3, -0.25) is 9.59 Å². The monoisotopic (exact) mass is 547 g/mol. The van der Waals surface area contributed by atoms with Crippen molar-refractivity contribution in [1.82, 2.24) is 19.4 Å². The van der Waals surface area contributed by atoms with Crippen LogP contribution in [0.2, 0.25) is 0 Å². The summed E-state index contributed by atoms with van der Waals surface area (Å²) in [4.78, 5) is 47.2. The predicted octanol–water partition coefficient (Wildman–Crippen LogP) is 3.81. The van der Waals surface area contributed by atoms with Crippen LogP contribution in [0.1, 0.15) is 64.5 Å². The number of aromatic nitrogens is 2. The molecular formula is C28H42FN5O5. The Labute approximate surface area is 229 Å². The minimum absolute atomic E-state index is 0.0925. The molecule has 3 rings (SSSR count). The second kappa shape index (κ2) is 12.8. The number of amides is 3. The van der Waals surface area contributed by atoms with Crippen molar-refractivity contribution in [2.75, 3.05) is 33.4 Å². The standard InChI is InChI=1S/C28H42FN5O5/c1-18(2)15-34(21-13-19(24(30)35)16-32(17-21)27(37)39-28(3,4)5)26(36)25-31-22-10-9-20(29)14-23(22)33(25)11-7-8-12-38-6/h9-10,14,18-19,21H,7-8,11-13,15-17H2,1-6H3,(H2,30,35)/t19-,21+/m1/s1. The van der Waals surface area contributed by atoms with Gasteiger partial charge in [-0.15, -0.1) is 0 Å². The molecule has 216 valence electrons. The summed E-state index contributed by atoms with van der Waals surface area (Å²) in [6, 6.07) is 3.78. The van der Waals surface area contributed by atoms with Crippen LogP contribution in [0.25, 0.3) is 11.0 Å². The molecular weight excluding hydrogens is 505 g/mol. The van der Waals surface area contributed by atoms with E-state index < -0.39 is 35.4 Å². The molecule has 1 aliphatic heterocycles. The lowest BCUT2D eigenvalue weighted by Crippen LogP contribution is -2.57. The van der Waals surface area contributed by atoms with Crippen LogP contribution >= 0.6 is 0 Å². The minimum Gasteiger partial charge on any atom is -0.444 e. The molecule has 1 fully saturated rings. The number of carbonyl (C=O) groups excluding carboxylic acids is 3. The number of nitrogens with two attached hydrogens (primary N) is 1. The van der Waals surface area contributed by atoms with Crippen molar-refractivity contribution in [3.05, 3.63) is 29.8 Å². The summed E-state index contributed by atoms with van der Waals surface area (Å²) in [5, 5.41) is 0. The number of benzene rings is 1. The average Bonchev–Trinajstić information content (AvgIpc) is 3.20. The van der Waals surface area contributed by atoms with E-state index in [0.717, 1.165) is 6.42 Å². The van der Waals surface area contributed by atoms with Gasteiger partial charge in [-0.2, -0.15) is 0 Å². The number of aryl methyl sites for hydroxylation is 1. The molecule has 1 saturated heterocycles. The molecule has 3 amide bonds. The lowest BCUT2D eigenvalue weighted by Gasteiger charge is -2.42. The number of hydrogen-bond donors (Lipinski definition) is 1. The Morgan fingerprint density at radius 2 is 1.92 bits per heavy atom. The Morgan fingerprint density at radius 3 is 2.54 bits per heavy atom. The first-order valence-corrected chi connectivity index (χ1v) is 13.5. The van der Waals surface area contributed by atoms with Gasteiger partial charge in [0.05, 0.1) is 23.0 Å². The molecule has 39 heavy (non-hydrogen) atoms. The third kappa shape index (κ3) is 7.90. The van der Waals surface area contributed by atoms with E-state index in [0.29, 0.717) is 43.6 Å². The summed E-state index contributed by atoms with van der Waals surface area (Å²) in [7, 11) is 1.63. The van der Waals surface area contributed by atoms with Crippen molar-refractivity contribution in [2.24, 2.45) is 17.6 Å². The van der Waals surface area contributed by atoms with Crippen LogP contribution in [-0.4, -0.2) is 82.3 Å². The summed E-state index contributed by atoms with van der Waals surface area (Å²) in [6.45, 7) is 11.0. The SMILES string of the molecule is COCCCCn1c(C(=O)N(CC(C)C)[C@H]2C[C@@H](C(N)=O)CN(C(=O)OC(C)(C)C)C2)nc2ccc(F)cc21. The van der Waals surface area contributed by atoms with E-state index in [9.17, 15) is 18.8 Å². The molecule has 0 radical (unpaired) electrons. The van der Waals surface area contributed by atoms with E-state index >= 15 is 0 Å². The zero-order valence-corrected chi connectivity index (χ0v) is 23.9. The van der Waals surface area contributed by atoms with Crippen molar-refractivity contribution in [1.29, 1.82) is 0 Å². The lowest BCUT2D eigenvalue weighted by molar-refractivity contribution is -0.124. The van der Waals surface area contributed by atoms with E-state index in [1.807, 2.05) is 13.8 Å². The zero-order valence-electron chi connectivity index (χ0n) is 23.9. The van der Waals surface area contributed by atoms with Crippen molar-refractivity contribution < 1.29 is 28.2 Å². The molecule has 2 aromatic rings. The van der Waals surface area contributed by atoms with Gasteiger partial charge < -0.3 is 29.6 Å². The van der Waals surface area contributed by atoms with E-state index in [1.54, 1.807) is 43.4 Å². The van der Waals surface area contributed by atoms with Crippen LogP contribution in [0.3, 0.4) is 0 Å². The normalized spacial score (nSPS) is 18.0. The van der Waals surface area contributed by atoms with Gasteiger partial charge in [0.2, 0.25) is 5.91 Å². The number of halogens is 1. The van der Waals surface area contributed by atoms with E-state index in [4.69, 9.17) is 15.2 Å². The summed E-state index contributed by atoms with van der Waals surface area (Å²) >= 11 is 0. The third-order valence-corrected chi connectivity index (χ3v) is 6.63. The van der Waals surface area contributed by atoms with Crippen LogP contribution < -0.4 is 5.73 Å². The second-order valence-electron chi connectivity index (χ2n) is 11.6. The molecule has 0 aliphatic carbocycles. The smallest absolute Gasteiger partial charge is 0.410 e. The highest BCUT2D eigenvalue weighted by atomic mass is 19.1. The van der Waals surface area contributed by atoms with Crippen LogP contribution in [0.4, 0.5) is 9.18 Å². The first-order valence-electron chi connectivity index (χ1n) is 13.5.